The standard InChI is InChI=1S/C20H27ClN2O4S/c1-28(26,27)18-12-16(21)13-22-20(18)15-8-10-23(11-9-15)19(25)7-6-14-4-2-3-5-17(14)24/h12-15H,2-11H2,1H3. The number of amides is 1. The van der Waals surface area contributed by atoms with Gasteiger partial charge in [0.2, 0.25) is 5.91 Å². The van der Waals surface area contributed by atoms with Crippen LogP contribution in [0.3, 0.4) is 0 Å². The normalized spacial score (nSPS) is 21.7. The number of sulfone groups is 1. The monoisotopic (exact) mass is 426 g/mol. The van der Waals surface area contributed by atoms with E-state index < -0.39 is 9.84 Å². The fraction of sp³-hybridized carbons (Fsp3) is 0.650. The summed E-state index contributed by atoms with van der Waals surface area (Å²) in [7, 11) is -3.42. The molecule has 8 heteroatoms. The van der Waals surface area contributed by atoms with E-state index in [1.54, 1.807) is 0 Å². The average Bonchev–Trinajstić information content (AvgIpc) is 2.66. The Labute approximate surface area is 171 Å². The molecule has 0 N–H and O–H groups in total. The summed E-state index contributed by atoms with van der Waals surface area (Å²) in [6, 6.07) is 1.46. The lowest BCUT2D eigenvalue weighted by molar-refractivity contribution is -0.133. The van der Waals surface area contributed by atoms with Crippen LogP contribution in [-0.4, -0.2) is 49.3 Å². The number of rotatable bonds is 5. The van der Waals surface area contributed by atoms with Crippen molar-refractivity contribution in [3.05, 3.63) is 23.0 Å². The third-order valence-electron chi connectivity index (χ3n) is 5.87. The van der Waals surface area contributed by atoms with Gasteiger partial charge < -0.3 is 4.90 Å². The zero-order valence-corrected chi connectivity index (χ0v) is 17.8. The third-order valence-corrected chi connectivity index (χ3v) is 7.20. The van der Waals surface area contributed by atoms with Crippen molar-refractivity contribution in [2.45, 2.75) is 62.2 Å². The Hall–Kier alpha value is -1.47. The first-order valence-electron chi connectivity index (χ1n) is 9.91. The molecule has 154 valence electrons. The topological polar surface area (TPSA) is 84.4 Å². The molecule has 2 aliphatic rings. The van der Waals surface area contributed by atoms with Gasteiger partial charge in [-0.2, -0.15) is 0 Å². The first kappa shape index (κ1) is 21.2. The third kappa shape index (κ3) is 5.11. The van der Waals surface area contributed by atoms with Crippen molar-refractivity contribution in [2.24, 2.45) is 5.92 Å². The van der Waals surface area contributed by atoms with Gasteiger partial charge in [0.15, 0.2) is 9.84 Å². The van der Waals surface area contributed by atoms with Crippen LogP contribution >= 0.6 is 11.6 Å². The van der Waals surface area contributed by atoms with Gasteiger partial charge in [0.25, 0.3) is 0 Å². The summed E-state index contributed by atoms with van der Waals surface area (Å²) < 4.78 is 24.2. The van der Waals surface area contributed by atoms with Crippen LogP contribution < -0.4 is 0 Å². The number of piperidine rings is 1. The van der Waals surface area contributed by atoms with E-state index in [-0.39, 0.29) is 22.6 Å². The van der Waals surface area contributed by atoms with E-state index in [0.717, 1.165) is 25.5 Å². The van der Waals surface area contributed by atoms with E-state index >= 15 is 0 Å². The zero-order chi connectivity index (χ0) is 20.3. The maximum atomic E-state index is 12.5. The molecule has 0 bridgehead atoms. The lowest BCUT2D eigenvalue weighted by atomic mass is 9.84. The van der Waals surface area contributed by atoms with Crippen molar-refractivity contribution in [1.29, 1.82) is 0 Å². The number of hydrogen-bond acceptors (Lipinski definition) is 5. The summed E-state index contributed by atoms with van der Waals surface area (Å²) in [5.41, 5.74) is 0.548. The predicted octanol–water partition coefficient (Wildman–Crippen LogP) is 3.38. The predicted molar refractivity (Wildman–Crippen MR) is 107 cm³/mol. The molecule has 1 unspecified atom stereocenters. The molecule has 1 aromatic rings. The summed E-state index contributed by atoms with van der Waals surface area (Å²) in [5.74, 6) is 0.431. The Kier molecular flexibility index (Phi) is 6.76. The first-order valence-corrected chi connectivity index (χ1v) is 12.2. The fourth-order valence-corrected chi connectivity index (χ4v) is 5.42. The van der Waals surface area contributed by atoms with Crippen LogP contribution in [0.15, 0.2) is 17.2 Å². The van der Waals surface area contributed by atoms with Crippen molar-refractivity contribution in [3.8, 4) is 0 Å². The van der Waals surface area contributed by atoms with Crippen molar-refractivity contribution in [1.82, 2.24) is 9.88 Å². The minimum atomic E-state index is -3.42. The number of Topliss-reactive ketones (excluding diaryl/α,β-unsaturated/α-hetero) is 1. The van der Waals surface area contributed by atoms with Crippen molar-refractivity contribution >= 4 is 33.1 Å². The number of carbonyl (C=O) groups excluding carboxylic acids is 2. The molecule has 0 radical (unpaired) electrons. The molecule has 1 saturated heterocycles. The number of ketones is 1. The molecule has 2 heterocycles. The number of nitrogens with zero attached hydrogens (tertiary/aromatic N) is 2. The highest BCUT2D eigenvalue weighted by Gasteiger charge is 2.29. The van der Waals surface area contributed by atoms with Gasteiger partial charge in [-0.05, 0) is 38.2 Å². The van der Waals surface area contributed by atoms with Crippen LogP contribution in [-0.2, 0) is 19.4 Å². The van der Waals surface area contributed by atoms with Gasteiger partial charge in [-0.25, -0.2) is 8.42 Å². The lowest BCUT2D eigenvalue weighted by Crippen LogP contribution is -2.38. The van der Waals surface area contributed by atoms with Crippen molar-refractivity contribution in [3.63, 3.8) is 0 Å². The van der Waals surface area contributed by atoms with Gasteiger partial charge in [-0.3, -0.25) is 14.6 Å². The second-order valence-electron chi connectivity index (χ2n) is 7.91. The highest BCUT2D eigenvalue weighted by molar-refractivity contribution is 7.90. The summed E-state index contributed by atoms with van der Waals surface area (Å²) in [5, 5.41) is 0.300. The summed E-state index contributed by atoms with van der Waals surface area (Å²) >= 11 is 5.93. The fourth-order valence-electron chi connectivity index (χ4n) is 4.25. The smallest absolute Gasteiger partial charge is 0.222 e. The molecular weight excluding hydrogens is 400 g/mol. The second-order valence-corrected chi connectivity index (χ2v) is 10.3. The molecule has 0 aromatic carbocycles. The van der Waals surface area contributed by atoms with Gasteiger partial charge >= 0.3 is 0 Å². The van der Waals surface area contributed by atoms with E-state index in [0.29, 0.717) is 61.7 Å². The van der Waals surface area contributed by atoms with Crippen molar-refractivity contribution in [2.75, 3.05) is 19.3 Å². The Morgan fingerprint density at radius 3 is 2.61 bits per heavy atom. The van der Waals surface area contributed by atoms with Gasteiger partial charge in [0.05, 0.1) is 15.6 Å². The summed E-state index contributed by atoms with van der Waals surface area (Å²) in [4.78, 5) is 30.8. The quantitative estimate of drug-likeness (QED) is 0.720. The average molecular weight is 427 g/mol. The number of halogens is 1. The first-order chi connectivity index (χ1) is 13.3. The van der Waals surface area contributed by atoms with E-state index in [1.165, 1.54) is 12.3 Å². The van der Waals surface area contributed by atoms with Crippen LogP contribution in [0.2, 0.25) is 5.02 Å². The number of pyridine rings is 1. The van der Waals surface area contributed by atoms with Gasteiger partial charge in [-0.1, -0.05) is 18.0 Å². The molecule has 1 aromatic heterocycles. The van der Waals surface area contributed by atoms with Crippen LogP contribution in [0.5, 0.6) is 0 Å². The van der Waals surface area contributed by atoms with Crippen LogP contribution in [0.25, 0.3) is 0 Å². The largest absolute Gasteiger partial charge is 0.343 e. The van der Waals surface area contributed by atoms with Crippen molar-refractivity contribution < 1.29 is 18.0 Å². The molecule has 1 saturated carbocycles. The number of aromatic nitrogens is 1. The molecule has 6 nitrogen and oxygen atoms in total. The summed E-state index contributed by atoms with van der Waals surface area (Å²) in [6.45, 7) is 1.16. The molecule has 1 atom stereocenters. The molecular formula is C20H27ClN2O4S. The molecule has 3 rings (SSSR count). The Morgan fingerprint density at radius 1 is 1.25 bits per heavy atom. The molecule has 1 amide bonds. The Bertz CT molecular complexity index is 848. The Morgan fingerprint density at radius 2 is 1.96 bits per heavy atom. The number of carbonyl (C=O) groups is 2. The van der Waals surface area contributed by atoms with Crippen LogP contribution in [0, 0.1) is 5.92 Å². The second kappa shape index (κ2) is 8.91. The van der Waals surface area contributed by atoms with E-state index in [1.807, 2.05) is 4.90 Å². The molecule has 28 heavy (non-hydrogen) atoms. The highest BCUT2D eigenvalue weighted by Crippen LogP contribution is 2.33. The van der Waals surface area contributed by atoms with Crippen LogP contribution in [0.1, 0.15) is 63.0 Å². The number of likely N-dealkylation sites (tertiary alicyclic amines) is 1. The molecule has 1 aliphatic carbocycles. The molecule has 0 spiro atoms. The van der Waals surface area contributed by atoms with Gasteiger partial charge in [-0.15, -0.1) is 0 Å². The molecule has 2 fully saturated rings. The van der Waals surface area contributed by atoms with Gasteiger partial charge in [0.1, 0.15) is 5.78 Å². The minimum Gasteiger partial charge on any atom is -0.343 e. The zero-order valence-electron chi connectivity index (χ0n) is 16.2. The molecule has 1 aliphatic heterocycles. The van der Waals surface area contributed by atoms with Crippen LogP contribution in [0.4, 0.5) is 0 Å². The minimum absolute atomic E-state index is 0.00837. The highest BCUT2D eigenvalue weighted by atomic mass is 35.5. The lowest BCUT2D eigenvalue weighted by Gasteiger charge is -2.33. The maximum Gasteiger partial charge on any atom is 0.222 e. The van der Waals surface area contributed by atoms with Gasteiger partial charge in [0, 0.05) is 50.2 Å². The van der Waals surface area contributed by atoms with E-state index in [4.69, 9.17) is 11.6 Å². The SMILES string of the molecule is CS(=O)(=O)c1cc(Cl)cnc1C1CCN(C(=O)CCC2CCCCC2=O)CC1. The van der Waals surface area contributed by atoms with E-state index in [2.05, 4.69) is 4.98 Å². The van der Waals surface area contributed by atoms with E-state index in [9.17, 15) is 18.0 Å². The Balaban J connectivity index is 1.57. The maximum absolute atomic E-state index is 12.5. The number of hydrogen-bond donors (Lipinski definition) is 0. The summed E-state index contributed by atoms with van der Waals surface area (Å²) in [6.07, 6.45) is 8.66.